The number of carbonyl (C=O) groups excluding carboxylic acids is 1. The minimum absolute atomic E-state index is 0.0450. The highest BCUT2D eigenvalue weighted by Crippen LogP contribution is 2.38. The Bertz CT molecular complexity index is 1920. The van der Waals surface area contributed by atoms with E-state index in [0.29, 0.717) is 54.8 Å². The summed E-state index contributed by atoms with van der Waals surface area (Å²) < 4.78 is 77.9. The molecule has 3 aliphatic heterocycles. The van der Waals surface area contributed by atoms with Gasteiger partial charge in [0.05, 0.1) is 49.5 Å². The van der Waals surface area contributed by atoms with Gasteiger partial charge in [-0.05, 0) is 30.3 Å². The number of anilines is 3. The van der Waals surface area contributed by atoms with E-state index in [9.17, 15) is 26.4 Å². The molecule has 1 aromatic carbocycles. The molecule has 1 N–H and O–H groups in total. The number of benzene rings is 1. The van der Waals surface area contributed by atoms with Crippen LogP contribution in [0.4, 0.5) is 30.5 Å². The number of nitrogens with zero attached hydrogens (tertiary/aromatic N) is 5. The van der Waals surface area contributed by atoms with Crippen LogP contribution in [0, 0.1) is 11.7 Å². The molecular formula is C30H27F3N6O5S. The van der Waals surface area contributed by atoms with Crippen LogP contribution in [0.25, 0.3) is 10.9 Å². The van der Waals surface area contributed by atoms with Crippen molar-refractivity contribution in [2.75, 3.05) is 49.3 Å². The van der Waals surface area contributed by atoms with Crippen molar-refractivity contribution in [3.05, 3.63) is 65.9 Å². The average Bonchev–Trinajstić information content (AvgIpc) is 3.13. The minimum atomic E-state index is -4.53. The molecule has 6 heterocycles. The molecular weight excluding hydrogens is 613 g/mol. The van der Waals surface area contributed by atoms with E-state index < -0.39 is 44.1 Å². The Balaban J connectivity index is 1.09. The van der Waals surface area contributed by atoms with Gasteiger partial charge in [0.1, 0.15) is 17.3 Å². The van der Waals surface area contributed by atoms with Gasteiger partial charge in [0, 0.05) is 48.6 Å². The van der Waals surface area contributed by atoms with E-state index in [-0.39, 0.29) is 31.3 Å². The molecule has 1 saturated heterocycles. The molecule has 3 aromatic heterocycles. The molecule has 7 rings (SSSR count). The second-order valence-electron chi connectivity index (χ2n) is 11.0. The monoisotopic (exact) mass is 640 g/mol. The van der Waals surface area contributed by atoms with E-state index in [1.54, 1.807) is 18.5 Å². The highest BCUT2D eigenvalue weighted by atomic mass is 32.2. The summed E-state index contributed by atoms with van der Waals surface area (Å²) in [6, 6.07) is 9.10. The molecule has 1 amide bonds. The molecule has 1 atom stereocenters. The van der Waals surface area contributed by atoms with Gasteiger partial charge in [-0.3, -0.25) is 14.2 Å². The molecule has 0 saturated carbocycles. The topological polar surface area (TPSA) is 127 Å². The molecule has 0 spiro atoms. The number of amides is 1. The molecule has 234 valence electrons. The summed E-state index contributed by atoms with van der Waals surface area (Å²) in [5.74, 6) is -0.542. The number of halogens is 3. The molecule has 0 aliphatic carbocycles. The number of carbonyl (C=O) groups is 1. The van der Waals surface area contributed by atoms with Crippen LogP contribution in [0.2, 0.25) is 0 Å². The lowest BCUT2D eigenvalue weighted by atomic mass is 10.0. The molecule has 1 fully saturated rings. The van der Waals surface area contributed by atoms with Crippen molar-refractivity contribution >= 4 is 44.0 Å². The number of sulfone groups is 1. The van der Waals surface area contributed by atoms with Crippen molar-refractivity contribution in [2.45, 2.75) is 23.4 Å². The van der Waals surface area contributed by atoms with Crippen molar-refractivity contribution in [1.29, 1.82) is 0 Å². The van der Waals surface area contributed by atoms with E-state index in [1.807, 2.05) is 23.1 Å². The van der Waals surface area contributed by atoms with Crippen LogP contribution >= 0.6 is 0 Å². The van der Waals surface area contributed by atoms with Crippen LogP contribution in [-0.4, -0.2) is 74.3 Å². The summed E-state index contributed by atoms with van der Waals surface area (Å²) in [4.78, 5) is 30.0. The Morgan fingerprint density at radius 3 is 2.73 bits per heavy atom. The van der Waals surface area contributed by atoms with Gasteiger partial charge in [-0.25, -0.2) is 27.2 Å². The normalized spacial score (nSPS) is 19.0. The van der Waals surface area contributed by atoms with Gasteiger partial charge in [0.15, 0.2) is 23.1 Å². The second kappa shape index (κ2) is 11.4. The maximum Gasteiger partial charge on any atom is 0.251 e. The summed E-state index contributed by atoms with van der Waals surface area (Å²) in [6.07, 6.45) is 2.91. The smallest absolute Gasteiger partial charge is 0.251 e. The summed E-state index contributed by atoms with van der Waals surface area (Å²) in [5.41, 5.74) is -0.646. The molecule has 0 radical (unpaired) electrons. The van der Waals surface area contributed by atoms with Gasteiger partial charge in [-0.15, -0.1) is 0 Å². The van der Waals surface area contributed by atoms with Crippen LogP contribution in [0.5, 0.6) is 11.5 Å². The molecule has 3 aliphatic rings. The summed E-state index contributed by atoms with van der Waals surface area (Å²) in [5, 5.41) is 3.36. The lowest BCUT2D eigenvalue weighted by Crippen LogP contribution is -2.47. The fraction of sp³-hybridized carbons (Fsp3) is 0.333. The number of alkyl halides is 2. The number of ether oxygens (including phenoxy) is 2. The van der Waals surface area contributed by atoms with Crippen LogP contribution in [0.15, 0.2) is 53.7 Å². The SMILES string of the molecule is O=C(NCc1cc2nc(N3CCOc4cc(N5CC(CF)C5)cnc43)ccc2cn1)c1cc(F)c2c(c1)S(=O)(=O)[C@@H](F)CCO2. The van der Waals surface area contributed by atoms with Gasteiger partial charge in [0.2, 0.25) is 15.3 Å². The Morgan fingerprint density at radius 1 is 1.07 bits per heavy atom. The Kier molecular flexibility index (Phi) is 7.34. The van der Waals surface area contributed by atoms with Crippen LogP contribution in [-0.2, 0) is 16.4 Å². The highest BCUT2D eigenvalue weighted by Gasteiger charge is 2.36. The van der Waals surface area contributed by atoms with Crippen LogP contribution in [0.1, 0.15) is 22.5 Å². The van der Waals surface area contributed by atoms with Crippen molar-refractivity contribution in [3.63, 3.8) is 0 Å². The first-order chi connectivity index (χ1) is 21.7. The van der Waals surface area contributed by atoms with Gasteiger partial charge in [-0.1, -0.05) is 0 Å². The fourth-order valence-corrected chi connectivity index (χ4v) is 6.92. The Hall–Kier alpha value is -4.66. The molecule has 15 heteroatoms. The standard InChI is InChI=1S/C30H27F3N6O5S/c31-11-17-15-38(16-17)21-10-24-29(35-14-21)39(4-6-43-24)27-2-1-18-12-34-20(9-23(18)37-27)13-36-30(40)19-7-22(32)28-25(8-19)45(41,42)26(33)3-5-44-28/h1-2,7-10,12,14,17,26H,3-6,11,13,15-16H2,(H,36,40)/t26-/m1/s1. The van der Waals surface area contributed by atoms with E-state index in [2.05, 4.69) is 20.2 Å². The zero-order valence-electron chi connectivity index (χ0n) is 23.7. The molecule has 11 nitrogen and oxygen atoms in total. The quantitative estimate of drug-likeness (QED) is 0.332. The maximum absolute atomic E-state index is 14.7. The molecule has 0 unspecified atom stereocenters. The average molecular weight is 641 g/mol. The molecule has 45 heavy (non-hydrogen) atoms. The minimum Gasteiger partial charge on any atom is -0.489 e. The zero-order chi connectivity index (χ0) is 31.3. The van der Waals surface area contributed by atoms with Crippen molar-refractivity contribution in [3.8, 4) is 11.5 Å². The van der Waals surface area contributed by atoms with E-state index in [1.165, 1.54) is 0 Å². The predicted octanol–water partition coefficient (Wildman–Crippen LogP) is 3.88. The number of hydrogen-bond acceptors (Lipinski definition) is 10. The third-order valence-corrected chi connectivity index (χ3v) is 9.84. The number of rotatable bonds is 6. The molecule has 0 bridgehead atoms. The Labute approximate surface area is 255 Å². The first-order valence-corrected chi connectivity index (χ1v) is 15.9. The number of hydrogen-bond donors (Lipinski definition) is 1. The van der Waals surface area contributed by atoms with Crippen molar-refractivity contribution < 1.29 is 35.9 Å². The van der Waals surface area contributed by atoms with Gasteiger partial charge < -0.3 is 24.6 Å². The number of fused-ring (bicyclic) bond motifs is 3. The Morgan fingerprint density at radius 2 is 1.91 bits per heavy atom. The van der Waals surface area contributed by atoms with E-state index in [4.69, 9.17) is 14.5 Å². The first kappa shape index (κ1) is 29.1. The lowest BCUT2D eigenvalue weighted by molar-refractivity contribution is 0.0949. The lowest BCUT2D eigenvalue weighted by Gasteiger charge is -2.40. The van der Waals surface area contributed by atoms with E-state index >= 15 is 0 Å². The predicted molar refractivity (Wildman–Crippen MR) is 158 cm³/mol. The summed E-state index contributed by atoms with van der Waals surface area (Å²) in [6.45, 7) is 1.50. The van der Waals surface area contributed by atoms with Crippen LogP contribution < -0.4 is 24.6 Å². The van der Waals surface area contributed by atoms with Crippen LogP contribution in [0.3, 0.4) is 0 Å². The summed E-state index contributed by atoms with van der Waals surface area (Å²) >= 11 is 0. The zero-order valence-corrected chi connectivity index (χ0v) is 24.6. The maximum atomic E-state index is 14.7. The molecule has 4 aromatic rings. The largest absolute Gasteiger partial charge is 0.489 e. The van der Waals surface area contributed by atoms with Crippen molar-refractivity contribution in [1.82, 2.24) is 20.3 Å². The number of aromatic nitrogens is 3. The third kappa shape index (κ3) is 5.34. The number of pyridine rings is 3. The first-order valence-electron chi connectivity index (χ1n) is 14.3. The third-order valence-electron chi connectivity index (χ3n) is 8.02. The van der Waals surface area contributed by atoms with Gasteiger partial charge >= 0.3 is 0 Å². The van der Waals surface area contributed by atoms with E-state index in [0.717, 1.165) is 23.2 Å². The van der Waals surface area contributed by atoms with Gasteiger partial charge in [0.25, 0.3) is 5.91 Å². The van der Waals surface area contributed by atoms with Crippen molar-refractivity contribution in [2.24, 2.45) is 5.92 Å². The van der Waals surface area contributed by atoms with Gasteiger partial charge in [-0.2, -0.15) is 0 Å². The fourth-order valence-electron chi connectivity index (χ4n) is 5.53. The number of nitrogens with one attached hydrogen (secondary N) is 1. The second-order valence-corrected chi connectivity index (χ2v) is 13.1. The summed E-state index contributed by atoms with van der Waals surface area (Å²) in [7, 11) is -4.53. The highest BCUT2D eigenvalue weighted by molar-refractivity contribution is 7.92.